The van der Waals surface area contributed by atoms with Crippen molar-refractivity contribution in [1.29, 1.82) is 0 Å². The number of carboxylic acids is 1. The van der Waals surface area contributed by atoms with Gasteiger partial charge < -0.3 is 9.84 Å². The monoisotopic (exact) mass is 365 g/mol. The van der Waals surface area contributed by atoms with Crippen molar-refractivity contribution in [3.8, 4) is 0 Å². The number of thioether (sulfide) groups is 1. The second kappa shape index (κ2) is 6.43. The van der Waals surface area contributed by atoms with Crippen LogP contribution in [0.2, 0.25) is 0 Å². The summed E-state index contributed by atoms with van der Waals surface area (Å²) >= 11 is 1.15. The van der Waals surface area contributed by atoms with Crippen LogP contribution >= 0.6 is 11.8 Å². The Morgan fingerprint density at radius 2 is 2.04 bits per heavy atom. The van der Waals surface area contributed by atoms with Crippen LogP contribution in [0.15, 0.2) is 32.5 Å². The van der Waals surface area contributed by atoms with E-state index < -0.39 is 35.3 Å². The molecule has 1 amide bonds. The van der Waals surface area contributed by atoms with Gasteiger partial charge in [0.2, 0.25) is 0 Å². The molecule has 1 N–H and O–H groups in total. The molecular formula is C15H15N3O6S. The number of esters is 1. The van der Waals surface area contributed by atoms with Gasteiger partial charge in [-0.1, -0.05) is 0 Å². The number of β-lactam (4-membered cyclic amide) rings is 1. The van der Waals surface area contributed by atoms with Crippen LogP contribution in [0.5, 0.6) is 0 Å². The van der Waals surface area contributed by atoms with Gasteiger partial charge in [0.1, 0.15) is 17.1 Å². The van der Waals surface area contributed by atoms with E-state index in [9.17, 15) is 19.2 Å². The summed E-state index contributed by atoms with van der Waals surface area (Å²) in [5.74, 6) is -2.59. The molecule has 0 aromatic carbocycles. The SMILES string of the molecule is CCOC(=O)C1CC(C(C(C)=O)=C2C(=O)N3C(C(=O)O)=CS[C@@H]23)N=N1. The molecule has 0 aliphatic carbocycles. The lowest BCUT2D eigenvalue weighted by Gasteiger charge is -2.39. The highest BCUT2D eigenvalue weighted by atomic mass is 32.2. The van der Waals surface area contributed by atoms with Gasteiger partial charge in [0.05, 0.1) is 12.2 Å². The molecule has 3 aliphatic rings. The zero-order chi connectivity index (χ0) is 18.3. The molecule has 0 aromatic rings. The number of ketones is 1. The number of ether oxygens (including phenoxy) is 1. The molecule has 132 valence electrons. The van der Waals surface area contributed by atoms with Crippen molar-refractivity contribution in [2.24, 2.45) is 10.2 Å². The number of carbonyl (C=O) groups excluding carboxylic acids is 3. The molecule has 0 saturated carbocycles. The smallest absolute Gasteiger partial charge is 0.353 e. The minimum Gasteiger partial charge on any atom is -0.477 e. The molecule has 1 saturated heterocycles. The van der Waals surface area contributed by atoms with Gasteiger partial charge in [-0.3, -0.25) is 14.5 Å². The van der Waals surface area contributed by atoms with E-state index in [1.165, 1.54) is 12.3 Å². The van der Waals surface area contributed by atoms with Gasteiger partial charge >= 0.3 is 11.9 Å². The minimum atomic E-state index is -1.20. The Balaban J connectivity index is 1.85. The average Bonchev–Trinajstić information content (AvgIpc) is 3.17. The Bertz CT molecular complexity index is 771. The van der Waals surface area contributed by atoms with E-state index in [2.05, 4.69) is 10.2 Å². The maximum absolute atomic E-state index is 12.4. The summed E-state index contributed by atoms with van der Waals surface area (Å²) in [6, 6.07) is -1.50. The van der Waals surface area contributed by atoms with Gasteiger partial charge in [0.15, 0.2) is 11.8 Å². The summed E-state index contributed by atoms with van der Waals surface area (Å²) in [5.41, 5.74) is 0.317. The number of Topliss-reactive ketones (excluding diaryl/α,β-unsaturated/α-hetero) is 1. The van der Waals surface area contributed by atoms with Crippen LogP contribution in [0.25, 0.3) is 0 Å². The van der Waals surface area contributed by atoms with Crippen LogP contribution in [-0.2, 0) is 23.9 Å². The first-order valence-electron chi connectivity index (χ1n) is 7.60. The van der Waals surface area contributed by atoms with E-state index in [4.69, 9.17) is 9.84 Å². The molecule has 9 nitrogen and oxygen atoms in total. The molecule has 3 atom stereocenters. The molecule has 1 fully saturated rings. The number of azo groups is 1. The third kappa shape index (κ3) is 2.76. The van der Waals surface area contributed by atoms with Gasteiger partial charge in [0.25, 0.3) is 5.91 Å². The molecule has 3 heterocycles. The summed E-state index contributed by atoms with van der Waals surface area (Å²) in [7, 11) is 0. The topological polar surface area (TPSA) is 126 Å². The molecule has 0 aromatic heterocycles. The number of carbonyl (C=O) groups is 4. The van der Waals surface area contributed by atoms with Gasteiger partial charge in [0, 0.05) is 17.4 Å². The average molecular weight is 365 g/mol. The lowest BCUT2D eigenvalue weighted by atomic mass is 9.89. The third-order valence-electron chi connectivity index (χ3n) is 4.07. The van der Waals surface area contributed by atoms with E-state index >= 15 is 0 Å². The number of hydrogen-bond acceptors (Lipinski definition) is 8. The lowest BCUT2D eigenvalue weighted by molar-refractivity contribution is -0.144. The highest BCUT2D eigenvalue weighted by Gasteiger charge is 2.52. The quantitative estimate of drug-likeness (QED) is 0.435. The van der Waals surface area contributed by atoms with Crippen LogP contribution < -0.4 is 0 Å². The summed E-state index contributed by atoms with van der Waals surface area (Å²) in [6.45, 7) is 3.21. The first-order chi connectivity index (χ1) is 11.9. The zero-order valence-electron chi connectivity index (χ0n) is 13.5. The molecule has 10 heteroatoms. The molecular weight excluding hydrogens is 350 g/mol. The van der Waals surface area contributed by atoms with Gasteiger partial charge in [-0.2, -0.15) is 10.2 Å². The van der Waals surface area contributed by atoms with Crippen LogP contribution in [0.4, 0.5) is 0 Å². The summed E-state index contributed by atoms with van der Waals surface area (Å²) in [4.78, 5) is 48.6. The summed E-state index contributed by atoms with van der Waals surface area (Å²) in [5, 5.41) is 17.8. The van der Waals surface area contributed by atoms with Crippen molar-refractivity contribution in [2.45, 2.75) is 37.7 Å². The second-order valence-corrected chi connectivity index (χ2v) is 6.56. The number of nitrogens with zero attached hydrogens (tertiary/aromatic N) is 3. The standard InChI is InChI=1S/C15H15N3O6S/c1-3-24-15(23)8-4-7(16-17-8)10(6(2)19)11-12(20)18-9(14(21)22)5-25-13(11)18/h5,7-8,13H,3-4H2,1-2H3,(H,21,22)/t7?,8?,13-/m0/s1. The molecule has 25 heavy (non-hydrogen) atoms. The molecule has 3 rings (SSSR count). The number of fused-ring (bicyclic) bond motifs is 1. The van der Waals surface area contributed by atoms with E-state index in [0.29, 0.717) is 0 Å². The Morgan fingerprint density at radius 3 is 2.64 bits per heavy atom. The Kier molecular flexibility index (Phi) is 4.46. The van der Waals surface area contributed by atoms with Crippen molar-refractivity contribution >= 4 is 35.4 Å². The maximum Gasteiger partial charge on any atom is 0.353 e. The highest BCUT2D eigenvalue weighted by Crippen LogP contribution is 2.47. The van der Waals surface area contributed by atoms with Crippen molar-refractivity contribution in [1.82, 2.24) is 4.90 Å². The van der Waals surface area contributed by atoms with Crippen LogP contribution in [0.3, 0.4) is 0 Å². The molecule has 3 aliphatic heterocycles. The maximum atomic E-state index is 12.4. The molecule has 0 bridgehead atoms. The normalized spacial score (nSPS) is 29.0. The van der Waals surface area contributed by atoms with Crippen LogP contribution in [0, 0.1) is 0 Å². The summed E-state index contributed by atoms with van der Waals surface area (Å²) < 4.78 is 4.90. The fourth-order valence-corrected chi connectivity index (χ4v) is 4.15. The molecule has 0 radical (unpaired) electrons. The zero-order valence-corrected chi connectivity index (χ0v) is 14.3. The fraction of sp³-hybridized carbons (Fsp3) is 0.467. The van der Waals surface area contributed by atoms with Gasteiger partial charge in [-0.05, 0) is 13.8 Å². The molecule has 2 unspecified atom stereocenters. The summed E-state index contributed by atoms with van der Waals surface area (Å²) in [6.07, 6.45) is 0.154. The van der Waals surface area contributed by atoms with Crippen LogP contribution in [-0.4, -0.2) is 57.7 Å². The number of aliphatic carboxylic acids is 1. The van der Waals surface area contributed by atoms with E-state index in [-0.39, 0.29) is 35.7 Å². The van der Waals surface area contributed by atoms with Gasteiger partial charge in [-0.25, -0.2) is 9.59 Å². The Morgan fingerprint density at radius 1 is 1.36 bits per heavy atom. The Labute approximate surface area is 146 Å². The molecule has 0 spiro atoms. The predicted molar refractivity (Wildman–Crippen MR) is 85.3 cm³/mol. The van der Waals surface area contributed by atoms with Gasteiger partial charge in [-0.15, -0.1) is 11.8 Å². The largest absolute Gasteiger partial charge is 0.477 e. The number of carboxylic acid groups (broad SMARTS) is 1. The lowest BCUT2D eigenvalue weighted by Crippen LogP contribution is -2.53. The number of amides is 1. The van der Waals surface area contributed by atoms with Crippen molar-refractivity contribution in [2.75, 3.05) is 6.61 Å². The van der Waals surface area contributed by atoms with Crippen molar-refractivity contribution in [3.63, 3.8) is 0 Å². The second-order valence-electron chi connectivity index (χ2n) is 5.61. The van der Waals surface area contributed by atoms with E-state index in [1.807, 2.05) is 0 Å². The Hall–Kier alpha value is -2.49. The highest BCUT2D eigenvalue weighted by molar-refractivity contribution is 8.03. The number of hydrogen-bond donors (Lipinski definition) is 1. The van der Waals surface area contributed by atoms with Crippen molar-refractivity contribution < 1.29 is 29.0 Å². The third-order valence-corrected chi connectivity index (χ3v) is 5.13. The van der Waals surface area contributed by atoms with Crippen LogP contribution in [0.1, 0.15) is 20.3 Å². The van der Waals surface area contributed by atoms with E-state index in [0.717, 1.165) is 16.7 Å². The van der Waals surface area contributed by atoms with E-state index in [1.54, 1.807) is 6.92 Å². The predicted octanol–water partition coefficient (Wildman–Crippen LogP) is 0.869. The fourth-order valence-electron chi connectivity index (χ4n) is 2.98. The first-order valence-corrected chi connectivity index (χ1v) is 8.55. The number of rotatable bonds is 5. The van der Waals surface area contributed by atoms with Crippen molar-refractivity contribution in [3.05, 3.63) is 22.3 Å². The minimum absolute atomic E-state index is 0.107. The first kappa shape index (κ1) is 17.3.